The van der Waals surface area contributed by atoms with Crippen LogP contribution < -0.4 is 10.2 Å². The van der Waals surface area contributed by atoms with Gasteiger partial charge in [-0.15, -0.1) is 0 Å². The van der Waals surface area contributed by atoms with Gasteiger partial charge in [0.25, 0.3) is 0 Å². The molecule has 5 heteroatoms. The molecule has 3 atom stereocenters. The van der Waals surface area contributed by atoms with E-state index in [0.717, 1.165) is 42.6 Å². The van der Waals surface area contributed by atoms with Gasteiger partial charge in [-0.1, -0.05) is 25.7 Å². The van der Waals surface area contributed by atoms with Gasteiger partial charge in [-0.2, -0.15) is 0 Å². The highest BCUT2D eigenvalue weighted by Crippen LogP contribution is 2.41. The lowest BCUT2D eigenvalue weighted by Crippen LogP contribution is -2.34. The lowest BCUT2D eigenvalue weighted by Gasteiger charge is -2.39. The van der Waals surface area contributed by atoms with Crippen LogP contribution in [-0.2, 0) is 0 Å². The second-order valence-electron chi connectivity index (χ2n) is 7.66. The van der Waals surface area contributed by atoms with Crippen molar-refractivity contribution in [2.75, 3.05) is 13.6 Å². The number of aryl methyl sites for hydroxylation is 1. The summed E-state index contributed by atoms with van der Waals surface area (Å²) in [7, 11) is 8.20. The molecule has 0 N–H and O–H groups in total. The van der Waals surface area contributed by atoms with Gasteiger partial charge in [-0.25, -0.2) is 9.98 Å². The Morgan fingerprint density at radius 3 is 2.80 bits per heavy atom. The predicted octanol–water partition coefficient (Wildman–Crippen LogP) is 3.53. The monoisotopic (exact) mass is 339 g/mol. The molecule has 3 rings (SSSR count). The van der Waals surface area contributed by atoms with E-state index in [0.29, 0.717) is 11.3 Å². The summed E-state index contributed by atoms with van der Waals surface area (Å²) in [6, 6.07) is 1.88. The third-order valence-electron chi connectivity index (χ3n) is 5.84. The molecular weight excluding hydrogens is 309 g/mol. The van der Waals surface area contributed by atoms with Gasteiger partial charge in [-0.05, 0) is 56.5 Å². The zero-order chi connectivity index (χ0) is 17.8. The number of aromatic nitrogens is 1. The summed E-state index contributed by atoms with van der Waals surface area (Å²) in [5.74, 6) is 2.34. The fourth-order valence-electron chi connectivity index (χ4n) is 4.15. The average molecular weight is 339 g/mol. The molecule has 2 fully saturated rings. The van der Waals surface area contributed by atoms with Gasteiger partial charge in [-0.3, -0.25) is 0 Å². The lowest BCUT2D eigenvalue weighted by atomic mass is 9.70. The van der Waals surface area contributed by atoms with Crippen LogP contribution in [0.25, 0.3) is 0 Å². The van der Waals surface area contributed by atoms with Gasteiger partial charge in [0.15, 0.2) is 0 Å². The summed E-state index contributed by atoms with van der Waals surface area (Å²) in [4.78, 5) is 11.1. The van der Waals surface area contributed by atoms with Crippen molar-refractivity contribution in [3.05, 3.63) is 11.8 Å². The van der Waals surface area contributed by atoms with Gasteiger partial charge in [0.2, 0.25) is 5.88 Å². The molecule has 0 aromatic carbocycles. The molecule has 1 aromatic rings. The predicted molar refractivity (Wildman–Crippen MR) is 105 cm³/mol. The van der Waals surface area contributed by atoms with Crippen LogP contribution in [0.15, 0.2) is 11.1 Å². The van der Waals surface area contributed by atoms with Crippen LogP contribution in [0.1, 0.15) is 57.6 Å². The van der Waals surface area contributed by atoms with Crippen molar-refractivity contribution in [2.24, 2.45) is 16.8 Å². The highest BCUT2D eigenvalue weighted by atomic mass is 16.5. The molecule has 1 aromatic heterocycles. The molecule has 0 bridgehead atoms. The van der Waals surface area contributed by atoms with E-state index in [1.54, 1.807) is 0 Å². The lowest BCUT2D eigenvalue weighted by molar-refractivity contribution is 0.0625. The van der Waals surface area contributed by atoms with Crippen LogP contribution in [0.3, 0.4) is 0 Å². The Bertz CT molecular complexity index is 619. The maximum absolute atomic E-state index is 6.22. The summed E-state index contributed by atoms with van der Waals surface area (Å²) in [6.45, 7) is 4.96. The Hall–Kier alpha value is -1.52. The standard InChI is InChI=1S/C20H30BN3O/c1-4-24(3)13-22-19-12-18(21)20(23-14(19)2)25-17-10-9-15-7-5-6-8-16(15)11-17/h12-13,15-17H,4-11H2,1-3H3. The molecule has 25 heavy (non-hydrogen) atoms. The van der Waals surface area contributed by atoms with E-state index >= 15 is 0 Å². The highest BCUT2D eigenvalue weighted by Gasteiger charge is 2.33. The first-order valence-corrected chi connectivity index (χ1v) is 9.75. The number of hydrogen-bond acceptors (Lipinski definition) is 3. The first kappa shape index (κ1) is 18.3. The van der Waals surface area contributed by atoms with E-state index in [-0.39, 0.29) is 6.10 Å². The number of aliphatic imine (C=N–C) groups is 1. The minimum Gasteiger partial charge on any atom is -0.475 e. The largest absolute Gasteiger partial charge is 0.475 e. The van der Waals surface area contributed by atoms with Crippen molar-refractivity contribution in [1.82, 2.24) is 9.88 Å². The molecule has 1 heterocycles. The van der Waals surface area contributed by atoms with E-state index in [1.165, 1.54) is 32.1 Å². The Morgan fingerprint density at radius 2 is 2.04 bits per heavy atom. The van der Waals surface area contributed by atoms with E-state index in [2.05, 4.69) is 16.9 Å². The highest BCUT2D eigenvalue weighted by molar-refractivity contribution is 6.34. The third-order valence-corrected chi connectivity index (χ3v) is 5.84. The normalized spacial score (nSPS) is 26.4. The number of rotatable bonds is 5. The molecule has 2 saturated carbocycles. The number of nitrogens with zero attached hydrogens (tertiary/aromatic N) is 3. The first-order valence-electron chi connectivity index (χ1n) is 9.75. The van der Waals surface area contributed by atoms with Crippen LogP contribution in [-0.4, -0.2) is 43.8 Å². The van der Waals surface area contributed by atoms with Crippen LogP contribution in [0.4, 0.5) is 5.69 Å². The number of pyridine rings is 1. The topological polar surface area (TPSA) is 37.7 Å². The average Bonchev–Trinajstić information content (AvgIpc) is 2.63. The fraction of sp³-hybridized carbons (Fsp3) is 0.700. The number of hydrogen-bond donors (Lipinski definition) is 0. The zero-order valence-electron chi connectivity index (χ0n) is 15.9. The molecule has 4 nitrogen and oxygen atoms in total. The molecule has 134 valence electrons. The molecule has 2 aliphatic rings. The molecule has 3 unspecified atom stereocenters. The SMILES string of the molecule is [B]c1cc(N=CN(C)CC)c(C)nc1OC1CCC2CCCCC2C1. The van der Waals surface area contributed by atoms with Crippen molar-refractivity contribution in [3.63, 3.8) is 0 Å². The number of ether oxygens (including phenoxy) is 1. The van der Waals surface area contributed by atoms with Gasteiger partial charge in [0.1, 0.15) is 14.0 Å². The molecule has 0 aliphatic heterocycles. The van der Waals surface area contributed by atoms with E-state index < -0.39 is 0 Å². The van der Waals surface area contributed by atoms with Crippen molar-refractivity contribution in [2.45, 2.75) is 64.9 Å². The minimum atomic E-state index is 0.258. The minimum absolute atomic E-state index is 0.258. The fourth-order valence-corrected chi connectivity index (χ4v) is 4.15. The van der Waals surface area contributed by atoms with Gasteiger partial charge in [0, 0.05) is 13.6 Å². The quantitative estimate of drug-likeness (QED) is 0.468. The second-order valence-corrected chi connectivity index (χ2v) is 7.66. The van der Waals surface area contributed by atoms with Gasteiger partial charge < -0.3 is 9.64 Å². The maximum Gasteiger partial charge on any atom is 0.206 e. The smallest absolute Gasteiger partial charge is 0.206 e. The molecular formula is C20H30BN3O. The van der Waals surface area contributed by atoms with Crippen LogP contribution in [0.5, 0.6) is 5.88 Å². The Kier molecular flexibility index (Phi) is 6.03. The second kappa shape index (κ2) is 8.24. The summed E-state index contributed by atoms with van der Waals surface area (Å²) in [5.41, 5.74) is 2.25. The van der Waals surface area contributed by atoms with Crippen molar-refractivity contribution >= 4 is 25.3 Å². The third kappa shape index (κ3) is 4.56. The molecule has 2 aliphatic carbocycles. The van der Waals surface area contributed by atoms with Gasteiger partial charge >= 0.3 is 0 Å². The first-order chi connectivity index (χ1) is 12.1. The molecule has 0 spiro atoms. The van der Waals surface area contributed by atoms with Crippen molar-refractivity contribution in [1.29, 1.82) is 0 Å². The maximum atomic E-state index is 6.22. The summed E-state index contributed by atoms with van der Waals surface area (Å²) < 4.78 is 6.22. The van der Waals surface area contributed by atoms with E-state index in [9.17, 15) is 0 Å². The van der Waals surface area contributed by atoms with Crippen LogP contribution >= 0.6 is 0 Å². The number of fused-ring (bicyclic) bond motifs is 1. The van der Waals surface area contributed by atoms with Crippen LogP contribution in [0, 0.1) is 18.8 Å². The summed E-state index contributed by atoms with van der Waals surface area (Å²) >= 11 is 0. The Morgan fingerprint density at radius 1 is 1.28 bits per heavy atom. The summed E-state index contributed by atoms with van der Waals surface area (Å²) in [6.07, 6.45) is 11.2. The van der Waals surface area contributed by atoms with Crippen LogP contribution in [0.2, 0.25) is 0 Å². The van der Waals surface area contributed by atoms with Gasteiger partial charge in [0.05, 0.1) is 17.7 Å². The van der Waals surface area contributed by atoms with E-state index in [4.69, 9.17) is 12.6 Å². The zero-order valence-corrected chi connectivity index (χ0v) is 15.9. The molecule has 0 amide bonds. The van der Waals surface area contributed by atoms with Crippen molar-refractivity contribution in [3.8, 4) is 5.88 Å². The van der Waals surface area contributed by atoms with E-state index in [1.807, 2.05) is 31.3 Å². The molecule has 0 saturated heterocycles. The Balaban J connectivity index is 1.66. The summed E-state index contributed by atoms with van der Waals surface area (Å²) in [5, 5.41) is 0. The molecule has 2 radical (unpaired) electrons. The Labute approximate surface area is 153 Å². The van der Waals surface area contributed by atoms with Crippen molar-refractivity contribution < 1.29 is 4.74 Å².